The number of ether oxygens (including phenoxy) is 1. The zero-order valence-electron chi connectivity index (χ0n) is 11.8. The van der Waals surface area contributed by atoms with E-state index in [0.29, 0.717) is 22.9 Å². The second kappa shape index (κ2) is 8.00. The fourth-order valence-electron chi connectivity index (χ4n) is 1.73. The summed E-state index contributed by atoms with van der Waals surface area (Å²) in [4.78, 5) is 12.0. The maximum absolute atomic E-state index is 12.0. The number of carbonyl (C=O) groups is 1. The molecule has 2 rings (SSSR count). The van der Waals surface area contributed by atoms with E-state index in [1.165, 1.54) is 6.21 Å². The van der Waals surface area contributed by atoms with E-state index in [0.717, 1.165) is 5.56 Å². The normalized spacial score (nSPS) is 10.4. The molecule has 112 valence electrons. The van der Waals surface area contributed by atoms with Gasteiger partial charge in [0.25, 0.3) is 5.91 Å². The van der Waals surface area contributed by atoms with E-state index >= 15 is 0 Å². The quantitative estimate of drug-likeness (QED) is 0.502. The van der Waals surface area contributed by atoms with E-state index in [-0.39, 0.29) is 5.91 Å². The standard InChI is InChI=1S/C17H15ClN2O2/c1-2-11-22-16-10-6-3-7-13(16)12-19-20-17(21)14-8-4-5-9-15(14)18/h2-10,12H,1,11H2,(H,20,21)/b19-12-. The van der Waals surface area contributed by atoms with Gasteiger partial charge in [0.2, 0.25) is 0 Å². The summed E-state index contributed by atoms with van der Waals surface area (Å²) in [6.07, 6.45) is 3.18. The van der Waals surface area contributed by atoms with Gasteiger partial charge in [-0.05, 0) is 24.3 Å². The molecule has 0 bridgehead atoms. The van der Waals surface area contributed by atoms with Gasteiger partial charge >= 0.3 is 0 Å². The van der Waals surface area contributed by atoms with Gasteiger partial charge in [-0.15, -0.1) is 0 Å². The lowest BCUT2D eigenvalue weighted by atomic mass is 10.2. The monoisotopic (exact) mass is 314 g/mol. The zero-order valence-corrected chi connectivity index (χ0v) is 12.6. The van der Waals surface area contributed by atoms with Gasteiger partial charge in [0.05, 0.1) is 16.8 Å². The summed E-state index contributed by atoms with van der Waals surface area (Å²) < 4.78 is 5.50. The van der Waals surface area contributed by atoms with Gasteiger partial charge in [0, 0.05) is 5.56 Å². The predicted octanol–water partition coefficient (Wildman–Crippen LogP) is 3.67. The van der Waals surface area contributed by atoms with E-state index in [1.807, 2.05) is 24.3 Å². The molecule has 4 nitrogen and oxygen atoms in total. The molecule has 1 N–H and O–H groups in total. The minimum atomic E-state index is -0.369. The maximum atomic E-state index is 12.0. The lowest BCUT2D eigenvalue weighted by Gasteiger charge is -2.06. The third-order valence-corrected chi connectivity index (χ3v) is 3.09. The largest absolute Gasteiger partial charge is 0.489 e. The van der Waals surface area contributed by atoms with Gasteiger partial charge < -0.3 is 4.74 Å². The third-order valence-electron chi connectivity index (χ3n) is 2.76. The zero-order chi connectivity index (χ0) is 15.8. The van der Waals surface area contributed by atoms with Crippen LogP contribution in [-0.4, -0.2) is 18.7 Å². The summed E-state index contributed by atoms with van der Waals surface area (Å²) in [5, 5.41) is 4.32. The van der Waals surface area contributed by atoms with Crippen molar-refractivity contribution in [2.45, 2.75) is 0 Å². The molecule has 0 saturated carbocycles. The number of hydrazone groups is 1. The Morgan fingerprint density at radius 2 is 1.95 bits per heavy atom. The van der Waals surface area contributed by atoms with Gasteiger partial charge in [-0.1, -0.05) is 48.5 Å². The molecule has 5 heteroatoms. The van der Waals surface area contributed by atoms with Crippen LogP contribution in [-0.2, 0) is 0 Å². The molecule has 0 saturated heterocycles. The molecule has 0 aliphatic carbocycles. The number of benzene rings is 2. The highest BCUT2D eigenvalue weighted by Gasteiger charge is 2.08. The molecule has 0 atom stereocenters. The van der Waals surface area contributed by atoms with Crippen LogP contribution in [0, 0.1) is 0 Å². The molecule has 0 aliphatic rings. The first-order valence-electron chi connectivity index (χ1n) is 6.63. The molecule has 0 unspecified atom stereocenters. The van der Waals surface area contributed by atoms with Crippen molar-refractivity contribution in [3.63, 3.8) is 0 Å². The van der Waals surface area contributed by atoms with E-state index in [9.17, 15) is 4.79 Å². The first-order chi connectivity index (χ1) is 10.7. The number of nitrogens with one attached hydrogen (secondary N) is 1. The predicted molar refractivity (Wildman–Crippen MR) is 88.6 cm³/mol. The summed E-state index contributed by atoms with van der Waals surface area (Å²) in [5.74, 6) is 0.296. The SMILES string of the molecule is C=CCOc1ccccc1/C=N\NC(=O)c1ccccc1Cl. The van der Waals surface area contributed by atoms with Crippen LogP contribution in [0.1, 0.15) is 15.9 Å². The highest BCUT2D eigenvalue weighted by atomic mass is 35.5. The number of hydrogen-bond acceptors (Lipinski definition) is 3. The number of amides is 1. The maximum Gasteiger partial charge on any atom is 0.272 e. The van der Waals surface area contributed by atoms with E-state index in [1.54, 1.807) is 30.3 Å². The first kappa shape index (κ1) is 15.8. The average Bonchev–Trinajstić information content (AvgIpc) is 2.54. The van der Waals surface area contributed by atoms with Gasteiger partial charge in [0.15, 0.2) is 0 Å². The van der Waals surface area contributed by atoms with Crippen molar-refractivity contribution in [3.05, 3.63) is 77.3 Å². The van der Waals surface area contributed by atoms with Crippen LogP contribution >= 0.6 is 11.6 Å². The Labute approximate surface area is 134 Å². The summed E-state index contributed by atoms with van der Waals surface area (Å²) in [6, 6.07) is 14.2. The molecule has 0 aliphatic heterocycles. The van der Waals surface area contributed by atoms with Crippen LogP contribution in [0.15, 0.2) is 66.3 Å². The third kappa shape index (κ3) is 4.20. The number of rotatable bonds is 6. The number of nitrogens with zero attached hydrogens (tertiary/aromatic N) is 1. The lowest BCUT2D eigenvalue weighted by molar-refractivity contribution is 0.0955. The van der Waals surface area contributed by atoms with Crippen LogP contribution in [0.4, 0.5) is 0 Å². The second-order valence-electron chi connectivity index (χ2n) is 4.32. The van der Waals surface area contributed by atoms with Gasteiger partial charge in [-0.25, -0.2) is 5.43 Å². The smallest absolute Gasteiger partial charge is 0.272 e. The van der Waals surface area contributed by atoms with E-state index in [4.69, 9.17) is 16.3 Å². The molecule has 2 aromatic carbocycles. The van der Waals surface area contributed by atoms with Gasteiger partial charge in [-0.3, -0.25) is 4.79 Å². The first-order valence-corrected chi connectivity index (χ1v) is 7.01. The second-order valence-corrected chi connectivity index (χ2v) is 4.72. The van der Waals surface area contributed by atoms with E-state index in [2.05, 4.69) is 17.1 Å². The molecule has 0 aromatic heterocycles. The summed E-state index contributed by atoms with van der Waals surface area (Å²) >= 11 is 5.96. The van der Waals surface area contributed by atoms with Crippen LogP contribution < -0.4 is 10.2 Å². The number of carbonyl (C=O) groups excluding carboxylic acids is 1. The fraction of sp³-hybridized carbons (Fsp3) is 0.0588. The van der Waals surface area contributed by atoms with Gasteiger partial charge in [0.1, 0.15) is 12.4 Å². The Balaban J connectivity index is 2.05. The molecular weight excluding hydrogens is 300 g/mol. The minimum absolute atomic E-state index is 0.369. The Hall–Kier alpha value is -2.59. The average molecular weight is 315 g/mol. The van der Waals surface area contributed by atoms with Crippen LogP contribution in [0.2, 0.25) is 5.02 Å². The van der Waals surface area contributed by atoms with Crippen molar-refractivity contribution >= 4 is 23.7 Å². The molecule has 0 spiro atoms. The van der Waals surface area contributed by atoms with Crippen molar-refractivity contribution < 1.29 is 9.53 Å². The van der Waals surface area contributed by atoms with Gasteiger partial charge in [-0.2, -0.15) is 5.10 Å². The molecule has 2 aromatic rings. The Kier molecular flexibility index (Phi) is 5.74. The highest BCUT2D eigenvalue weighted by Crippen LogP contribution is 2.16. The van der Waals surface area contributed by atoms with Crippen LogP contribution in [0.3, 0.4) is 0 Å². The van der Waals surface area contributed by atoms with Crippen LogP contribution in [0.5, 0.6) is 5.75 Å². The Morgan fingerprint density at radius 3 is 2.73 bits per heavy atom. The number of para-hydroxylation sites is 1. The minimum Gasteiger partial charge on any atom is -0.489 e. The van der Waals surface area contributed by atoms with Crippen molar-refractivity contribution in [3.8, 4) is 5.75 Å². The fourth-order valence-corrected chi connectivity index (χ4v) is 1.95. The molecule has 0 fully saturated rings. The van der Waals surface area contributed by atoms with Crippen molar-refractivity contribution in [1.82, 2.24) is 5.43 Å². The van der Waals surface area contributed by atoms with Crippen LogP contribution in [0.25, 0.3) is 0 Å². The van der Waals surface area contributed by atoms with Crippen molar-refractivity contribution in [2.75, 3.05) is 6.61 Å². The summed E-state index contributed by atoms with van der Waals surface area (Å²) in [5.41, 5.74) is 3.57. The number of halogens is 1. The number of hydrogen-bond donors (Lipinski definition) is 1. The molecular formula is C17H15ClN2O2. The highest BCUT2D eigenvalue weighted by molar-refractivity contribution is 6.33. The topological polar surface area (TPSA) is 50.7 Å². The Morgan fingerprint density at radius 1 is 1.23 bits per heavy atom. The summed E-state index contributed by atoms with van der Waals surface area (Å²) in [7, 11) is 0. The molecule has 0 radical (unpaired) electrons. The van der Waals surface area contributed by atoms with Crippen molar-refractivity contribution in [2.24, 2.45) is 5.10 Å². The lowest BCUT2D eigenvalue weighted by Crippen LogP contribution is -2.18. The molecule has 1 amide bonds. The van der Waals surface area contributed by atoms with E-state index < -0.39 is 0 Å². The Bertz CT molecular complexity index is 699. The van der Waals surface area contributed by atoms with Crippen molar-refractivity contribution in [1.29, 1.82) is 0 Å². The molecule has 22 heavy (non-hydrogen) atoms. The molecule has 0 heterocycles. The summed E-state index contributed by atoms with van der Waals surface area (Å²) in [6.45, 7) is 4.00.